The molecule has 0 atom stereocenters. The van der Waals surface area contributed by atoms with Crippen LogP contribution in [0.15, 0.2) is 34.9 Å². The Morgan fingerprint density at radius 2 is 2.00 bits per heavy atom. The summed E-state index contributed by atoms with van der Waals surface area (Å²) in [5.41, 5.74) is 1.45. The van der Waals surface area contributed by atoms with Gasteiger partial charge in [0.25, 0.3) is 11.6 Å². The van der Waals surface area contributed by atoms with E-state index in [1.807, 2.05) is 0 Å². The molecule has 6 nitrogen and oxygen atoms in total. The molecule has 0 saturated carbocycles. The number of nitrogens with one attached hydrogen (secondary N) is 1. The molecule has 2 heterocycles. The Kier molecular flexibility index (Phi) is 4.17. The monoisotopic (exact) mass is 351 g/mol. The molecule has 3 aromatic rings. The van der Waals surface area contributed by atoms with Gasteiger partial charge in [-0.2, -0.15) is 13.2 Å². The summed E-state index contributed by atoms with van der Waals surface area (Å²) in [6, 6.07) is 6.21. The number of nitrogens with zero attached hydrogens (tertiary/aromatic N) is 2. The molecule has 0 spiro atoms. The van der Waals surface area contributed by atoms with Crippen molar-refractivity contribution >= 4 is 17.0 Å². The number of rotatable bonds is 3. The first-order valence-electron chi connectivity index (χ1n) is 7.10. The Morgan fingerprint density at radius 3 is 2.68 bits per heavy atom. The Labute approximate surface area is 139 Å². The Morgan fingerprint density at radius 1 is 1.28 bits per heavy atom. The first-order valence-corrected chi connectivity index (χ1v) is 7.10. The number of amides is 1. The lowest BCUT2D eigenvalue weighted by Crippen LogP contribution is -2.22. The maximum absolute atomic E-state index is 13.3. The van der Waals surface area contributed by atoms with Crippen LogP contribution in [0.2, 0.25) is 0 Å². The van der Waals surface area contributed by atoms with Gasteiger partial charge in [0, 0.05) is 5.56 Å². The normalized spacial score (nSPS) is 11.7. The molecule has 3 rings (SSSR count). The van der Waals surface area contributed by atoms with Crippen LogP contribution in [-0.4, -0.2) is 23.2 Å². The molecule has 2 aromatic heterocycles. The summed E-state index contributed by atoms with van der Waals surface area (Å²) < 4.78 is 44.8. The van der Waals surface area contributed by atoms with Gasteiger partial charge in [-0.05, 0) is 19.1 Å². The van der Waals surface area contributed by atoms with E-state index in [2.05, 4.69) is 20.5 Å². The largest absolute Gasteiger partial charge is 0.417 e. The number of hydrogen-bond donors (Lipinski definition) is 1. The molecule has 1 aromatic carbocycles. The van der Waals surface area contributed by atoms with E-state index in [4.69, 9.17) is 4.52 Å². The molecular formula is C16H12F3N3O3. The number of carbonyl (C=O) groups excluding carboxylic acids is 1. The number of hydrogen-bond acceptors (Lipinski definition) is 5. The minimum Gasteiger partial charge on any atom is -0.335 e. The first kappa shape index (κ1) is 16.9. The van der Waals surface area contributed by atoms with E-state index in [-0.39, 0.29) is 22.5 Å². The molecule has 25 heavy (non-hydrogen) atoms. The van der Waals surface area contributed by atoms with Crippen LogP contribution < -0.4 is 5.48 Å². The number of hydroxylamine groups is 1. The van der Waals surface area contributed by atoms with Crippen molar-refractivity contribution in [2.24, 2.45) is 0 Å². The molecule has 130 valence electrons. The van der Waals surface area contributed by atoms with Gasteiger partial charge in [0.1, 0.15) is 0 Å². The standard InChI is InChI=1S/C16H12F3N3O3/c1-8-13-10(14(23)22-24-2)7-12(20-15(13)25-21-8)9-5-3-4-6-11(9)16(17,18)19/h3-7H,1-2H3,(H,22,23). The predicted molar refractivity (Wildman–Crippen MR) is 81.5 cm³/mol. The van der Waals surface area contributed by atoms with Crippen LogP contribution in [0.1, 0.15) is 21.6 Å². The molecule has 9 heteroatoms. The van der Waals surface area contributed by atoms with Gasteiger partial charge in [-0.3, -0.25) is 9.63 Å². The van der Waals surface area contributed by atoms with E-state index < -0.39 is 17.6 Å². The smallest absolute Gasteiger partial charge is 0.335 e. The molecule has 0 aliphatic carbocycles. The summed E-state index contributed by atoms with van der Waals surface area (Å²) in [6.45, 7) is 1.60. The van der Waals surface area contributed by atoms with Gasteiger partial charge < -0.3 is 4.52 Å². The highest BCUT2D eigenvalue weighted by Gasteiger charge is 2.34. The quantitative estimate of drug-likeness (QED) is 0.731. The van der Waals surface area contributed by atoms with E-state index in [1.165, 1.54) is 31.4 Å². The summed E-state index contributed by atoms with van der Waals surface area (Å²) >= 11 is 0. The summed E-state index contributed by atoms with van der Waals surface area (Å²) in [5, 5.41) is 4.03. The second kappa shape index (κ2) is 6.17. The highest BCUT2D eigenvalue weighted by atomic mass is 19.4. The SMILES string of the molecule is CONC(=O)c1cc(-c2ccccc2C(F)(F)F)nc2onc(C)c12. The number of carbonyl (C=O) groups is 1. The number of alkyl halides is 3. The van der Waals surface area contributed by atoms with Crippen molar-refractivity contribution in [1.82, 2.24) is 15.6 Å². The molecule has 0 radical (unpaired) electrons. The summed E-state index contributed by atoms with van der Waals surface area (Å²) in [7, 11) is 1.25. The first-order chi connectivity index (χ1) is 11.8. The minimum atomic E-state index is -4.57. The molecule has 0 unspecified atom stereocenters. The second-order valence-corrected chi connectivity index (χ2v) is 5.18. The lowest BCUT2D eigenvalue weighted by molar-refractivity contribution is -0.137. The van der Waals surface area contributed by atoms with Crippen molar-refractivity contribution < 1.29 is 27.3 Å². The highest BCUT2D eigenvalue weighted by Crippen LogP contribution is 2.37. The number of pyridine rings is 1. The molecule has 1 N–H and O–H groups in total. The molecule has 0 aliphatic rings. The lowest BCUT2D eigenvalue weighted by atomic mass is 10.0. The third kappa shape index (κ3) is 3.05. The van der Waals surface area contributed by atoms with Crippen LogP contribution in [0, 0.1) is 6.92 Å². The fraction of sp³-hybridized carbons (Fsp3) is 0.188. The topological polar surface area (TPSA) is 77.2 Å². The van der Waals surface area contributed by atoms with Crippen LogP contribution in [-0.2, 0) is 11.0 Å². The van der Waals surface area contributed by atoms with E-state index in [0.717, 1.165) is 6.07 Å². The summed E-state index contributed by atoms with van der Waals surface area (Å²) in [4.78, 5) is 20.9. The number of halogens is 3. The van der Waals surface area contributed by atoms with Gasteiger partial charge in [-0.15, -0.1) is 0 Å². The maximum Gasteiger partial charge on any atom is 0.417 e. The zero-order chi connectivity index (χ0) is 18.2. The average molecular weight is 351 g/mol. The zero-order valence-corrected chi connectivity index (χ0v) is 13.1. The van der Waals surface area contributed by atoms with Crippen molar-refractivity contribution in [2.75, 3.05) is 7.11 Å². The Balaban J connectivity index is 2.28. The lowest BCUT2D eigenvalue weighted by Gasteiger charge is -2.13. The third-order valence-corrected chi connectivity index (χ3v) is 3.56. The highest BCUT2D eigenvalue weighted by molar-refractivity contribution is 6.06. The minimum absolute atomic E-state index is 0.0340. The fourth-order valence-corrected chi connectivity index (χ4v) is 2.51. The van der Waals surface area contributed by atoms with Crippen molar-refractivity contribution in [1.29, 1.82) is 0 Å². The number of fused-ring (bicyclic) bond motifs is 1. The van der Waals surface area contributed by atoms with Crippen molar-refractivity contribution in [3.8, 4) is 11.3 Å². The van der Waals surface area contributed by atoms with Gasteiger partial charge in [0.2, 0.25) is 0 Å². The summed E-state index contributed by atoms with van der Waals surface area (Å²) in [5.74, 6) is -0.646. The predicted octanol–water partition coefficient (Wildman–Crippen LogP) is 3.51. The van der Waals surface area contributed by atoms with Crippen LogP contribution in [0.25, 0.3) is 22.4 Å². The Hall–Kier alpha value is -2.94. The van der Waals surface area contributed by atoms with Gasteiger partial charge in [-0.1, -0.05) is 23.4 Å². The third-order valence-electron chi connectivity index (χ3n) is 3.56. The van der Waals surface area contributed by atoms with E-state index in [1.54, 1.807) is 6.92 Å². The van der Waals surface area contributed by atoms with Gasteiger partial charge >= 0.3 is 6.18 Å². The van der Waals surface area contributed by atoms with E-state index in [9.17, 15) is 18.0 Å². The van der Waals surface area contributed by atoms with Crippen molar-refractivity contribution in [3.63, 3.8) is 0 Å². The molecule has 1 amide bonds. The van der Waals surface area contributed by atoms with Crippen molar-refractivity contribution in [2.45, 2.75) is 13.1 Å². The summed E-state index contributed by atoms with van der Waals surface area (Å²) in [6.07, 6.45) is -4.57. The van der Waals surface area contributed by atoms with Gasteiger partial charge in [0.05, 0.1) is 35.0 Å². The number of benzene rings is 1. The van der Waals surface area contributed by atoms with Gasteiger partial charge in [-0.25, -0.2) is 10.5 Å². The fourth-order valence-electron chi connectivity index (χ4n) is 2.51. The maximum atomic E-state index is 13.3. The Bertz CT molecular complexity index is 951. The van der Waals surface area contributed by atoms with Crippen LogP contribution in [0.5, 0.6) is 0 Å². The zero-order valence-electron chi connectivity index (χ0n) is 13.1. The molecular weight excluding hydrogens is 339 g/mol. The number of aryl methyl sites for hydroxylation is 1. The number of aromatic nitrogens is 2. The molecule has 0 saturated heterocycles. The molecule has 0 aliphatic heterocycles. The van der Waals surface area contributed by atoms with E-state index >= 15 is 0 Å². The van der Waals surface area contributed by atoms with E-state index in [0.29, 0.717) is 11.1 Å². The van der Waals surface area contributed by atoms with Crippen molar-refractivity contribution in [3.05, 3.63) is 47.2 Å². The molecule has 0 bridgehead atoms. The second-order valence-electron chi connectivity index (χ2n) is 5.18. The van der Waals surface area contributed by atoms with Gasteiger partial charge in [0.15, 0.2) is 0 Å². The molecule has 0 fully saturated rings. The van der Waals surface area contributed by atoms with Crippen LogP contribution in [0.3, 0.4) is 0 Å². The van der Waals surface area contributed by atoms with Crippen LogP contribution >= 0.6 is 0 Å². The van der Waals surface area contributed by atoms with Crippen LogP contribution in [0.4, 0.5) is 13.2 Å². The average Bonchev–Trinajstić information content (AvgIpc) is 2.95.